The van der Waals surface area contributed by atoms with Crippen LogP contribution >= 0.6 is 0 Å². The summed E-state index contributed by atoms with van der Waals surface area (Å²) in [5, 5.41) is 0. The number of hydrogen-bond donors (Lipinski definition) is 0. The Bertz CT molecular complexity index is 844. The fraction of sp³-hybridized carbons (Fsp3) is 0.478. The van der Waals surface area contributed by atoms with E-state index in [9.17, 15) is 4.79 Å². The number of amides is 1. The quantitative estimate of drug-likeness (QED) is 0.780. The van der Waals surface area contributed by atoms with Gasteiger partial charge in [-0.3, -0.25) is 4.79 Å². The fourth-order valence-corrected chi connectivity index (χ4v) is 3.95. The lowest BCUT2D eigenvalue weighted by Gasteiger charge is -2.34. The van der Waals surface area contributed by atoms with Gasteiger partial charge in [-0.25, -0.2) is 4.98 Å². The number of anilines is 2. The zero-order chi connectivity index (χ0) is 20.4. The molecule has 2 saturated heterocycles. The number of ether oxygens (including phenoxy) is 1. The number of nitrogens with zero attached hydrogens (tertiary/aromatic N) is 4. The highest BCUT2D eigenvalue weighted by Crippen LogP contribution is 2.31. The number of pyridine rings is 1. The highest BCUT2D eigenvalue weighted by atomic mass is 16.5. The minimum Gasteiger partial charge on any atom is -0.463 e. The maximum atomic E-state index is 13.0. The molecule has 2 aliphatic heterocycles. The molecule has 154 valence electrons. The van der Waals surface area contributed by atoms with Gasteiger partial charge in [-0.2, -0.15) is 0 Å². The molecule has 2 aromatic rings. The highest BCUT2D eigenvalue weighted by Gasteiger charge is 2.35. The molecule has 1 atom stereocenters. The molecule has 1 amide bonds. The second kappa shape index (κ2) is 8.41. The van der Waals surface area contributed by atoms with Gasteiger partial charge in [-0.05, 0) is 42.8 Å². The van der Waals surface area contributed by atoms with Gasteiger partial charge in [0.1, 0.15) is 0 Å². The minimum absolute atomic E-state index is 0.0114. The monoisotopic (exact) mass is 394 g/mol. The zero-order valence-electron chi connectivity index (χ0n) is 17.5. The molecule has 1 aromatic heterocycles. The topological polar surface area (TPSA) is 48.9 Å². The van der Waals surface area contributed by atoms with E-state index in [4.69, 9.17) is 4.74 Å². The van der Waals surface area contributed by atoms with Gasteiger partial charge in [0.2, 0.25) is 5.88 Å². The van der Waals surface area contributed by atoms with E-state index in [1.54, 1.807) is 6.20 Å². The smallest absolute Gasteiger partial charge is 0.268 e. The van der Waals surface area contributed by atoms with Crippen molar-refractivity contribution in [2.24, 2.45) is 0 Å². The number of rotatable bonds is 5. The first-order valence-corrected chi connectivity index (χ1v) is 10.5. The standard InChI is InChI=1S/C23H30N4O2/c1-17(2)18-6-8-19(9-7-18)27-12-10-21(23(27)28)29-22-20(5-4-11-24-22)26-15-13-25(3)14-16-26/h4-9,11,17,21H,10,12-16H2,1-3H3. The largest absolute Gasteiger partial charge is 0.463 e. The number of piperazine rings is 1. The third-order valence-corrected chi connectivity index (χ3v) is 5.88. The summed E-state index contributed by atoms with van der Waals surface area (Å²) in [5.74, 6) is 1.05. The number of hydrogen-bond acceptors (Lipinski definition) is 5. The van der Waals surface area contributed by atoms with Crippen LogP contribution in [0.1, 0.15) is 31.7 Å². The SMILES string of the molecule is CC(C)c1ccc(N2CCC(Oc3ncccc3N3CCN(C)CC3)C2=O)cc1. The molecule has 6 nitrogen and oxygen atoms in total. The molecule has 2 aliphatic rings. The second-order valence-corrected chi connectivity index (χ2v) is 8.25. The van der Waals surface area contributed by atoms with Crippen molar-refractivity contribution in [1.29, 1.82) is 0 Å². The number of benzene rings is 1. The van der Waals surface area contributed by atoms with Crippen LogP contribution < -0.4 is 14.5 Å². The van der Waals surface area contributed by atoms with Crippen LogP contribution in [0.2, 0.25) is 0 Å². The molecule has 0 aliphatic carbocycles. The average Bonchev–Trinajstić information content (AvgIpc) is 3.09. The Morgan fingerprint density at radius 1 is 1.03 bits per heavy atom. The van der Waals surface area contributed by atoms with Gasteiger partial charge >= 0.3 is 0 Å². The Morgan fingerprint density at radius 2 is 1.76 bits per heavy atom. The summed E-state index contributed by atoms with van der Waals surface area (Å²) >= 11 is 0. The lowest BCUT2D eigenvalue weighted by atomic mass is 10.0. The molecule has 2 fully saturated rings. The number of likely N-dealkylation sites (N-methyl/N-ethyl adjacent to an activating group) is 1. The van der Waals surface area contributed by atoms with Gasteiger partial charge < -0.3 is 19.4 Å². The molecule has 0 radical (unpaired) electrons. The van der Waals surface area contributed by atoms with Crippen molar-refractivity contribution >= 4 is 17.3 Å². The van der Waals surface area contributed by atoms with Crippen LogP contribution in [0.25, 0.3) is 0 Å². The zero-order valence-corrected chi connectivity index (χ0v) is 17.5. The Hall–Kier alpha value is -2.60. The molecule has 3 heterocycles. The number of carbonyl (C=O) groups is 1. The lowest BCUT2D eigenvalue weighted by molar-refractivity contribution is -0.123. The Balaban J connectivity index is 1.46. The predicted molar refractivity (Wildman–Crippen MR) is 116 cm³/mol. The van der Waals surface area contributed by atoms with E-state index < -0.39 is 6.10 Å². The second-order valence-electron chi connectivity index (χ2n) is 8.25. The van der Waals surface area contributed by atoms with E-state index in [2.05, 4.69) is 47.8 Å². The summed E-state index contributed by atoms with van der Waals surface area (Å²) in [6, 6.07) is 12.2. The minimum atomic E-state index is -0.485. The van der Waals surface area contributed by atoms with Gasteiger partial charge in [0.05, 0.1) is 5.69 Å². The van der Waals surface area contributed by atoms with E-state index >= 15 is 0 Å². The van der Waals surface area contributed by atoms with E-state index in [-0.39, 0.29) is 5.91 Å². The predicted octanol–water partition coefficient (Wildman–Crippen LogP) is 3.14. The number of carbonyl (C=O) groups excluding carboxylic acids is 1. The highest BCUT2D eigenvalue weighted by molar-refractivity contribution is 5.99. The van der Waals surface area contributed by atoms with E-state index in [0.717, 1.165) is 37.6 Å². The molecule has 6 heteroatoms. The molecular formula is C23H30N4O2. The fourth-order valence-electron chi connectivity index (χ4n) is 3.95. The van der Waals surface area contributed by atoms with Crippen LogP contribution in [0.3, 0.4) is 0 Å². The van der Waals surface area contributed by atoms with Gasteiger partial charge in [0.25, 0.3) is 5.91 Å². The molecule has 4 rings (SSSR count). The van der Waals surface area contributed by atoms with Gasteiger partial charge in [0.15, 0.2) is 6.10 Å². The van der Waals surface area contributed by atoms with Crippen molar-refractivity contribution in [3.63, 3.8) is 0 Å². The molecular weight excluding hydrogens is 364 g/mol. The Kier molecular flexibility index (Phi) is 5.72. The summed E-state index contributed by atoms with van der Waals surface area (Å²) in [6.07, 6.45) is 1.92. The Morgan fingerprint density at radius 3 is 2.45 bits per heavy atom. The van der Waals surface area contributed by atoms with Crippen LogP contribution in [0.15, 0.2) is 42.6 Å². The van der Waals surface area contributed by atoms with Crippen LogP contribution in [0.4, 0.5) is 11.4 Å². The van der Waals surface area contributed by atoms with Crippen LogP contribution in [0.5, 0.6) is 5.88 Å². The summed E-state index contributed by atoms with van der Waals surface area (Å²) in [7, 11) is 2.14. The summed E-state index contributed by atoms with van der Waals surface area (Å²) in [4.78, 5) is 23.9. The molecule has 1 unspecified atom stereocenters. The number of aromatic nitrogens is 1. The van der Waals surface area contributed by atoms with Gasteiger partial charge in [0, 0.05) is 51.0 Å². The van der Waals surface area contributed by atoms with Crippen molar-refractivity contribution in [2.75, 3.05) is 49.6 Å². The van der Waals surface area contributed by atoms with Gasteiger partial charge in [-0.15, -0.1) is 0 Å². The molecule has 0 bridgehead atoms. The van der Waals surface area contributed by atoms with Crippen molar-refractivity contribution in [1.82, 2.24) is 9.88 Å². The molecule has 1 aromatic carbocycles. The van der Waals surface area contributed by atoms with Crippen LogP contribution in [0, 0.1) is 0 Å². The van der Waals surface area contributed by atoms with Crippen LogP contribution in [-0.4, -0.2) is 61.7 Å². The third-order valence-electron chi connectivity index (χ3n) is 5.88. The molecule has 0 spiro atoms. The first-order chi connectivity index (χ1) is 14.0. The lowest BCUT2D eigenvalue weighted by Crippen LogP contribution is -2.44. The molecule has 0 saturated carbocycles. The molecule has 0 N–H and O–H groups in total. The maximum Gasteiger partial charge on any atom is 0.268 e. The third kappa shape index (κ3) is 4.22. The summed E-state index contributed by atoms with van der Waals surface area (Å²) in [5.41, 5.74) is 3.19. The average molecular weight is 395 g/mol. The molecule has 29 heavy (non-hydrogen) atoms. The van der Waals surface area contributed by atoms with E-state index in [0.29, 0.717) is 24.8 Å². The normalized spacial score (nSPS) is 20.6. The van der Waals surface area contributed by atoms with Crippen molar-refractivity contribution < 1.29 is 9.53 Å². The summed E-state index contributed by atoms with van der Waals surface area (Å²) in [6.45, 7) is 8.90. The van der Waals surface area contributed by atoms with E-state index in [1.807, 2.05) is 29.2 Å². The van der Waals surface area contributed by atoms with Crippen LogP contribution in [-0.2, 0) is 4.79 Å². The van der Waals surface area contributed by atoms with E-state index in [1.165, 1.54) is 5.56 Å². The summed E-state index contributed by atoms with van der Waals surface area (Å²) < 4.78 is 6.15. The first-order valence-electron chi connectivity index (χ1n) is 10.5. The van der Waals surface area contributed by atoms with Gasteiger partial charge in [-0.1, -0.05) is 26.0 Å². The first kappa shape index (κ1) is 19.7. The van der Waals surface area contributed by atoms with Crippen molar-refractivity contribution in [2.45, 2.75) is 32.3 Å². The van der Waals surface area contributed by atoms with Crippen molar-refractivity contribution in [3.05, 3.63) is 48.2 Å². The Labute approximate surface area is 173 Å². The maximum absolute atomic E-state index is 13.0. The van der Waals surface area contributed by atoms with Crippen molar-refractivity contribution in [3.8, 4) is 5.88 Å².